The van der Waals surface area contributed by atoms with Crippen molar-refractivity contribution in [3.05, 3.63) is 90.7 Å². The molecule has 0 saturated carbocycles. The number of hydrogen-bond acceptors (Lipinski definition) is 4. The molecule has 0 unspecified atom stereocenters. The summed E-state index contributed by atoms with van der Waals surface area (Å²) in [5, 5.41) is 13.1. The summed E-state index contributed by atoms with van der Waals surface area (Å²) in [6, 6.07) is 10.7. The molecule has 7 nitrogen and oxygen atoms in total. The zero-order valence-electron chi connectivity index (χ0n) is 18.2. The maximum absolute atomic E-state index is 12.7. The van der Waals surface area contributed by atoms with Crippen molar-refractivity contribution in [3.8, 4) is 5.75 Å². The molecule has 0 bridgehead atoms. The van der Waals surface area contributed by atoms with Crippen LogP contribution < -0.4 is 10.1 Å². The van der Waals surface area contributed by atoms with Crippen LogP contribution >= 0.6 is 50.7 Å². The third-order valence-corrected chi connectivity index (χ3v) is 6.84. The Bertz CT molecular complexity index is 1350. The van der Waals surface area contributed by atoms with Crippen LogP contribution in [0.4, 0.5) is 5.82 Å². The Morgan fingerprint density at radius 2 is 1.76 bits per heavy atom. The summed E-state index contributed by atoms with van der Waals surface area (Å²) in [6.07, 6.45) is 3.43. The maximum Gasteiger partial charge on any atom is 0.277 e. The van der Waals surface area contributed by atoms with Crippen LogP contribution in [0, 0.1) is 13.8 Å². The standard InChI is InChI=1S/C23H19BrCl3N5O2/c1-13-7-16(8-14(2)21(13)27)34-12-31-6-5-20(29-31)23(33)28-22-17(24)11-32(30-22)10-15-3-4-18(25)19(26)9-15/h3-9,11H,10,12H2,1-2H3,(H,28,30,33). The number of hydrogen-bond donors (Lipinski definition) is 1. The van der Waals surface area contributed by atoms with E-state index in [4.69, 9.17) is 39.5 Å². The molecule has 0 fully saturated rings. The van der Waals surface area contributed by atoms with E-state index in [2.05, 4.69) is 31.4 Å². The van der Waals surface area contributed by atoms with E-state index in [1.807, 2.05) is 32.0 Å². The molecule has 0 aliphatic carbocycles. The predicted octanol–water partition coefficient (Wildman–Crippen LogP) is 6.76. The van der Waals surface area contributed by atoms with E-state index in [0.29, 0.717) is 32.6 Å². The summed E-state index contributed by atoms with van der Waals surface area (Å²) in [6.45, 7) is 4.45. The predicted molar refractivity (Wildman–Crippen MR) is 137 cm³/mol. The number of amides is 1. The Morgan fingerprint density at radius 1 is 1.03 bits per heavy atom. The van der Waals surface area contributed by atoms with E-state index in [0.717, 1.165) is 21.7 Å². The highest BCUT2D eigenvalue weighted by molar-refractivity contribution is 9.10. The minimum absolute atomic E-state index is 0.149. The highest BCUT2D eigenvalue weighted by atomic mass is 79.9. The van der Waals surface area contributed by atoms with Gasteiger partial charge >= 0.3 is 0 Å². The average molecular weight is 584 g/mol. The molecule has 0 aliphatic rings. The number of aromatic nitrogens is 4. The number of nitrogens with zero attached hydrogens (tertiary/aromatic N) is 4. The Balaban J connectivity index is 1.38. The monoisotopic (exact) mass is 581 g/mol. The summed E-state index contributed by atoms with van der Waals surface area (Å²) in [4.78, 5) is 12.7. The van der Waals surface area contributed by atoms with E-state index in [-0.39, 0.29) is 12.4 Å². The van der Waals surface area contributed by atoms with E-state index in [1.54, 1.807) is 35.3 Å². The van der Waals surface area contributed by atoms with Gasteiger partial charge in [0.2, 0.25) is 0 Å². The lowest BCUT2D eigenvalue weighted by Gasteiger charge is -2.10. The molecule has 0 atom stereocenters. The number of nitrogens with one attached hydrogen (secondary N) is 1. The summed E-state index contributed by atoms with van der Waals surface area (Å²) in [5.41, 5.74) is 3.02. The second-order valence-electron chi connectivity index (χ2n) is 7.61. The molecule has 0 spiro atoms. The average Bonchev–Trinajstić information content (AvgIpc) is 3.40. The van der Waals surface area contributed by atoms with Gasteiger partial charge in [-0.05, 0) is 76.8 Å². The molecule has 0 aliphatic heterocycles. The second-order valence-corrected chi connectivity index (χ2v) is 9.66. The number of anilines is 1. The van der Waals surface area contributed by atoms with Crippen LogP contribution in [0.3, 0.4) is 0 Å². The van der Waals surface area contributed by atoms with Crippen molar-refractivity contribution in [2.24, 2.45) is 0 Å². The number of ether oxygens (including phenoxy) is 1. The fraction of sp³-hybridized carbons (Fsp3) is 0.174. The van der Waals surface area contributed by atoms with Gasteiger partial charge in [-0.15, -0.1) is 0 Å². The van der Waals surface area contributed by atoms with Crippen molar-refractivity contribution >= 4 is 62.5 Å². The van der Waals surface area contributed by atoms with Crippen molar-refractivity contribution in [1.82, 2.24) is 19.6 Å². The number of aryl methyl sites for hydroxylation is 2. The van der Waals surface area contributed by atoms with Crippen molar-refractivity contribution in [3.63, 3.8) is 0 Å². The van der Waals surface area contributed by atoms with Crippen LogP contribution in [-0.2, 0) is 13.3 Å². The van der Waals surface area contributed by atoms with Crippen LogP contribution in [0.15, 0.2) is 53.3 Å². The van der Waals surface area contributed by atoms with Crippen LogP contribution in [0.25, 0.3) is 0 Å². The zero-order chi connectivity index (χ0) is 24.4. The van der Waals surface area contributed by atoms with Gasteiger partial charge < -0.3 is 10.1 Å². The molecule has 176 valence electrons. The Hall–Kier alpha value is -2.52. The van der Waals surface area contributed by atoms with Crippen LogP contribution in [0.1, 0.15) is 27.2 Å². The fourth-order valence-corrected chi connectivity index (χ4v) is 4.09. The first-order valence-electron chi connectivity index (χ1n) is 10.1. The van der Waals surface area contributed by atoms with E-state index >= 15 is 0 Å². The lowest BCUT2D eigenvalue weighted by atomic mass is 10.1. The molecule has 34 heavy (non-hydrogen) atoms. The molecule has 1 N–H and O–H groups in total. The summed E-state index contributed by atoms with van der Waals surface area (Å²) in [5.74, 6) is 0.665. The molecule has 11 heteroatoms. The number of benzene rings is 2. The van der Waals surface area contributed by atoms with Gasteiger partial charge in [0.25, 0.3) is 5.91 Å². The molecule has 2 aromatic heterocycles. The molecule has 2 heterocycles. The first-order valence-corrected chi connectivity index (χ1v) is 12.0. The Kier molecular flexibility index (Phi) is 7.52. The smallest absolute Gasteiger partial charge is 0.277 e. The molecule has 4 rings (SSSR count). The maximum atomic E-state index is 12.7. The highest BCUT2D eigenvalue weighted by Crippen LogP contribution is 2.27. The molecule has 4 aromatic rings. The molecule has 1 amide bonds. The molecule has 0 radical (unpaired) electrons. The van der Waals surface area contributed by atoms with Gasteiger partial charge in [0, 0.05) is 17.4 Å². The minimum atomic E-state index is -0.391. The third-order valence-electron chi connectivity index (χ3n) is 4.92. The largest absolute Gasteiger partial charge is 0.471 e. The fourth-order valence-electron chi connectivity index (χ4n) is 3.24. The van der Waals surface area contributed by atoms with Gasteiger partial charge in [0.05, 0.1) is 21.1 Å². The molecule has 0 saturated heterocycles. The minimum Gasteiger partial charge on any atom is -0.471 e. The molecular formula is C23H19BrCl3N5O2. The summed E-state index contributed by atoms with van der Waals surface area (Å²) < 4.78 is 9.64. The second kappa shape index (κ2) is 10.4. The topological polar surface area (TPSA) is 74.0 Å². The lowest BCUT2D eigenvalue weighted by Crippen LogP contribution is -2.15. The number of carbonyl (C=O) groups is 1. The quantitative estimate of drug-likeness (QED) is 0.261. The van der Waals surface area contributed by atoms with Crippen LogP contribution in [-0.4, -0.2) is 25.5 Å². The van der Waals surface area contributed by atoms with E-state index in [9.17, 15) is 4.79 Å². The zero-order valence-corrected chi connectivity index (χ0v) is 22.0. The lowest BCUT2D eigenvalue weighted by molar-refractivity contribution is 0.101. The van der Waals surface area contributed by atoms with Gasteiger partial charge in [-0.1, -0.05) is 40.9 Å². The first kappa shape index (κ1) is 24.6. The number of carbonyl (C=O) groups excluding carboxylic acids is 1. The third kappa shape index (κ3) is 5.75. The molecule has 2 aromatic carbocycles. The molecular weight excluding hydrogens is 565 g/mol. The van der Waals surface area contributed by atoms with Crippen LogP contribution in [0.5, 0.6) is 5.75 Å². The SMILES string of the molecule is Cc1cc(OCn2ccc(C(=O)Nc3nn(Cc4ccc(Cl)c(Cl)c4)cc3Br)n2)cc(C)c1Cl. The normalized spacial score (nSPS) is 11.0. The van der Waals surface area contributed by atoms with Crippen molar-refractivity contribution in [2.75, 3.05) is 5.32 Å². The van der Waals surface area contributed by atoms with E-state index < -0.39 is 5.91 Å². The highest BCUT2D eigenvalue weighted by Gasteiger charge is 2.15. The van der Waals surface area contributed by atoms with Crippen LogP contribution in [0.2, 0.25) is 15.1 Å². The summed E-state index contributed by atoms with van der Waals surface area (Å²) in [7, 11) is 0. The number of halogens is 4. The first-order chi connectivity index (χ1) is 16.2. The van der Waals surface area contributed by atoms with Gasteiger partial charge in [0.1, 0.15) is 5.75 Å². The summed E-state index contributed by atoms with van der Waals surface area (Å²) >= 11 is 21.7. The Morgan fingerprint density at radius 3 is 2.47 bits per heavy atom. The van der Waals surface area contributed by atoms with Crippen molar-refractivity contribution in [1.29, 1.82) is 0 Å². The van der Waals surface area contributed by atoms with Crippen molar-refractivity contribution < 1.29 is 9.53 Å². The van der Waals surface area contributed by atoms with Gasteiger partial charge in [-0.2, -0.15) is 10.2 Å². The Labute approximate surface area is 219 Å². The van der Waals surface area contributed by atoms with Gasteiger partial charge in [0.15, 0.2) is 18.2 Å². The van der Waals surface area contributed by atoms with E-state index in [1.165, 1.54) is 4.68 Å². The number of rotatable bonds is 7. The van der Waals surface area contributed by atoms with Gasteiger partial charge in [-0.25, -0.2) is 4.68 Å². The van der Waals surface area contributed by atoms with Crippen molar-refractivity contribution in [2.45, 2.75) is 27.1 Å². The van der Waals surface area contributed by atoms with Gasteiger partial charge in [-0.3, -0.25) is 9.48 Å².